The predicted molar refractivity (Wildman–Crippen MR) is 146 cm³/mol. The third kappa shape index (κ3) is 6.38. The van der Waals surface area contributed by atoms with Gasteiger partial charge in [0.05, 0.1) is 24.8 Å². The number of hydrogen-bond acceptors (Lipinski definition) is 6. The van der Waals surface area contributed by atoms with E-state index in [1.54, 1.807) is 55.5 Å². The highest BCUT2D eigenvalue weighted by Gasteiger charge is 2.33. The number of nitrogens with one attached hydrogen (secondary N) is 1. The van der Waals surface area contributed by atoms with Gasteiger partial charge in [-0.25, -0.2) is 8.42 Å². The van der Waals surface area contributed by atoms with E-state index in [1.807, 2.05) is 0 Å². The Labute approximate surface area is 228 Å². The Morgan fingerprint density at radius 2 is 1.58 bits per heavy atom. The Morgan fingerprint density at radius 3 is 2.18 bits per heavy atom. The minimum atomic E-state index is -4.25. The fraction of sp³-hybridized carbons (Fsp3) is 0.259. The molecule has 0 bridgehead atoms. The van der Waals surface area contributed by atoms with Crippen LogP contribution in [0.3, 0.4) is 0 Å². The van der Waals surface area contributed by atoms with Crippen LogP contribution in [0.5, 0.6) is 11.5 Å². The smallest absolute Gasteiger partial charge is 0.264 e. The van der Waals surface area contributed by atoms with Crippen LogP contribution in [-0.2, 0) is 26.2 Å². The summed E-state index contributed by atoms with van der Waals surface area (Å²) in [5.41, 5.74) is 0.782. The van der Waals surface area contributed by atoms with E-state index in [0.717, 1.165) is 4.31 Å². The molecule has 0 aromatic heterocycles. The van der Waals surface area contributed by atoms with E-state index in [1.165, 1.54) is 50.4 Å². The zero-order chi connectivity index (χ0) is 27.9. The number of nitrogens with zero attached hydrogens (tertiary/aromatic N) is 2. The van der Waals surface area contributed by atoms with Crippen molar-refractivity contribution in [2.75, 3.05) is 32.1 Å². The van der Waals surface area contributed by atoms with Gasteiger partial charge in [-0.2, -0.15) is 0 Å². The quantitative estimate of drug-likeness (QED) is 0.384. The van der Waals surface area contributed by atoms with Gasteiger partial charge in [0, 0.05) is 18.6 Å². The predicted octanol–water partition coefficient (Wildman–Crippen LogP) is 3.72. The van der Waals surface area contributed by atoms with Crippen molar-refractivity contribution in [3.63, 3.8) is 0 Å². The highest BCUT2D eigenvalue weighted by molar-refractivity contribution is 7.92. The van der Waals surface area contributed by atoms with Crippen molar-refractivity contribution in [1.29, 1.82) is 0 Å². The lowest BCUT2D eigenvalue weighted by Gasteiger charge is -2.32. The summed E-state index contributed by atoms with van der Waals surface area (Å²) in [4.78, 5) is 27.6. The minimum Gasteiger partial charge on any atom is -0.497 e. The number of para-hydroxylation sites is 2. The first-order valence-corrected chi connectivity index (χ1v) is 13.5. The number of likely N-dealkylation sites (N-methyl/N-ethyl adjacent to an activating group) is 1. The Hall–Kier alpha value is -3.76. The standard InChI is InChI=1S/C27H30ClN3O6S/c1-19(27(33)29-2)30(17-20-9-5-6-10-23(20)28)26(32)18-31(24-11-7-8-12-25(24)37-4)38(34,35)22-15-13-21(36-3)14-16-22/h5-16,19H,17-18H2,1-4H3,(H,29,33). The van der Waals surface area contributed by atoms with Crippen molar-refractivity contribution < 1.29 is 27.5 Å². The molecule has 2 amide bonds. The van der Waals surface area contributed by atoms with Crippen molar-refractivity contribution in [2.45, 2.75) is 24.4 Å². The van der Waals surface area contributed by atoms with Crippen LogP contribution in [0.25, 0.3) is 0 Å². The third-order valence-corrected chi connectivity index (χ3v) is 8.14. The molecule has 3 aromatic rings. The lowest BCUT2D eigenvalue weighted by atomic mass is 10.1. The largest absolute Gasteiger partial charge is 0.497 e. The molecule has 11 heteroatoms. The molecule has 0 aliphatic carbocycles. The maximum Gasteiger partial charge on any atom is 0.264 e. The molecule has 3 rings (SSSR count). The Morgan fingerprint density at radius 1 is 0.947 bits per heavy atom. The van der Waals surface area contributed by atoms with Crippen LogP contribution in [0.4, 0.5) is 5.69 Å². The van der Waals surface area contributed by atoms with Crippen molar-refractivity contribution in [3.05, 3.63) is 83.4 Å². The molecule has 0 fully saturated rings. The van der Waals surface area contributed by atoms with E-state index in [9.17, 15) is 18.0 Å². The van der Waals surface area contributed by atoms with Crippen LogP contribution < -0.4 is 19.1 Å². The third-order valence-electron chi connectivity index (χ3n) is 5.99. The highest BCUT2D eigenvalue weighted by atomic mass is 35.5. The fourth-order valence-electron chi connectivity index (χ4n) is 3.83. The molecule has 0 aliphatic rings. The van der Waals surface area contributed by atoms with Gasteiger partial charge in [0.25, 0.3) is 10.0 Å². The van der Waals surface area contributed by atoms with Crippen molar-refractivity contribution in [1.82, 2.24) is 10.2 Å². The average Bonchev–Trinajstić information content (AvgIpc) is 2.94. The van der Waals surface area contributed by atoms with Crippen LogP contribution in [0, 0.1) is 0 Å². The summed E-state index contributed by atoms with van der Waals surface area (Å²) < 4.78 is 39.3. The monoisotopic (exact) mass is 559 g/mol. The number of carbonyl (C=O) groups excluding carboxylic acids is 2. The van der Waals surface area contributed by atoms with Gasteiger partial charge in [0.2, 0.25) is 11.8 Å². The molecule has 0 spiro atoms. The summed E-state index contributed by atoms with van der Waals surface area (Å²) in [5, 5.41) is 2.96. The molecule has 0 aliphatic heterocycles. The molecule has 1 N–H and O–H groups in total. The van der Waals surface area contributed by atoms with Gasteiger partial charge in [-0.05, 0) is 55.0 Å². The van der Waals surface area contributed by atoms with Gasteiger partial charge < -0.3 is 19.7 Å². The second-order valence-corrected chi connectivity index (χ2v) is 10.5. The lowest BCUT2D eigenvalue weighted by Crippen LogP contribution is -2.50. The summed E-state index contributed by atoms with van der Waals surface area (Å²) >= 11 is 6.34. The minimum absolute atomic E-state index is 0.00452. The number of sulfonamides is 1. The lowest BCUT2D eigenvalue weighted by molar-refractivity contribution is -0.139. The van der Waals surface area contributed by atoms with Gasteiger partial charge in [0.15, 0.2) is 0 Å². The maximum absolute atomic E-state index is 13.9. The molecule has 0 saturated carbocycles. The molecule has 0 saturated heterocycles. The SMILES string of the molecule is CNC(=O)C(C)N(Cc1ccccc1Cl)C(=O)CN(c1ccccc1OC)S(=O)(=O)c1ccc(OC)cc1. The van der Waals surface area contributed by atoms with Crippen molar-refractivity contribution >= 4 is 39.1 Å². The average molecular weight is 560 g/mol. The van der Waals surface area contributed by atoms with E-state index in [-0.39, 0.29) is 22.9 Å². The molecule has 3 aromatic carbocycles. The zero-order valence-electron chi connectivity index (χ0n) is 21.5. The van der Waals surface area contributed by atoms with Crippen LogP contribution >= 0.6 is 11.6 Å². The van der Waals surface area contributed by atoms with Gasteiger partial charge >= 0.3 is 0 Å². The molecular weight excluding hydrogens is 530 g/mol. The number of anilines is 1. The van der Waals surface area contributed by atoms with Crippen molar-refractivity contribution in [2.24, 2.45) is 0 Å². The number of hydrogen-bond donors (Lipinski definition) is 1. The fourth-order valence-corrected chi connectivity index (χ4v) is 5.45. The van der Waals surface area contributed by atoms with E-state index < -0.39 is 34.4 Å². The van der Waals surface area contributed by atoms with E-state index in [4.69, 9.17) is 21.1 Å². The summed E-state index contributed by atoms with van der Waals surface area (Å²) in [6.45, 7) is 0.967. The molecule has 38 heavy (non-hydrogen) atoms. The van der Waals surface area contributed by atoms with Crippen LogP contribution in [0.2, 0.25) is 5.02 Å². The number of rotatable bonds is 11. The number of halogens is 1. The van der Waals surface area contributed by atoms with Gasteiger partial charge in [0.1, 0.15) is 24.1 Å². The summed E-state index contributed by atoms with van der Waals surface area (Å²) in [6, 6.07) is 18.4. The van der Waals surface area contributed by atoms with Crippen molar-refractivity contribution in [3.8, 4) is 11.5 Å². The number of methoxy groups -OCH3 is 2. The first-order valence-electron chi connectivity index (χ1n) is 11.7. The normalized spacial score (nSPS) is 11.8. The Bertz CT molecular complexity index is 1380. The van der Waals surface area contributed by atoms with E-state index in [2.05, 4.69) is 5.32 Å². The molecule has 0 heterocycles. The maximum atomic E-state index is 13.9. The first kappa shape index (κ1) is 28.8. The van der Waals surface area contributed by atoms with Crippen LogP contribution in [0.1, 0.15) is 12.5 Å². The Balaban J connectivity index is 2.08. The number of carbonyl (C=O) groups is 2. The van der Waals surface area contributed by atoms with Gasteiger partial charge in [-0.3, -0.25) is 13.9 Å². The summed E-state index contributed by atoms with van der Waals surface area (Å²) in [5.74, 6) is -0.278. The second-order valence-electron chi connectivity index (χ2n) is 8.26. The van der Waals surface area contributed by atoms with Crippen LogP contribution in [0.15, 0.2) is 77.7 Å². The van der Waals surface area contributed by atoms with E-state index in [0.29, 0.717) is 16.3 Å². The van der Waals surface area contributed by atoms with Gasteiger partial charge in [-0.15, -0.1) is 0 Å². The van der Waals surface area contributed by atoms with E-state index >= 15 is 0 Å². The Kier molecular flexibility index (Phi) is 9.60. The van der Waals surface area contributed by atoms with Gasteiger partial charge in [-0.1, -0.05) is 41.9 Å². The first-order chi connectivity index (χ1) is 18.1. The highest BCUT2D eigenvalue weighted by Crippen LogP contribution is 2.33. The van der Waals surface area contributed by atoms with Crippen LogP contribution in [-0.4, -0.2) is 59.0 Å². The molecule has 1 atom stereocenters. The second kappa shape index (κ2) is 12.7. The number of amides is 2. The summed E-state index contributed by atoms with van der Waals surface area (Å²) in [7, 11) is 0.105. The molecule has 0 radical (unpaired) electrons. The molecule has 202 valence electrons. The topological polar surface area (TPSA) is 105 Å². The summed E-state index contributed by atoms with van der Waals surface area (Å²) in [6.07, 6.45) is 0. The number of ether oxygens (including phenoxy) is 2. The molecule has 9 nitrogen and oxygen atoms in total. The molecular formula is C27H30ClN3O6S. The molecule has 1 unspecified atom stereocenters. The number of benzene rings is 3. The zero-order valence-corrected chi connectivity index (χ0v) is 23.1.